The molecule has 0 heterocycles. The lowest BCUT2D eigenvalue weighted by atomic mass is 10.1. The summed E-state index contributed by atoms with van der Waals surface area (Å²) in [5, 5.41) is 0. The summed E-state index contributed by atoms with van der Waals surface area (Å²) >= 11 is 0. The van der Waals surface area contributed by atoms with Crippen LogP contribution in [0.2, 0.25) is 0 Å². The van der Waals surface area contributed by atoms with Crippen LogP contribution in [0.25, 0.3) is 0 Å². The number of benzene rings is 1. The Labute approximate surface area is 99.5 Å². The zero-order chi connectivity index (χ0) is 12.0. The Morgan fingerprint density at radius 3 is 2.25 bits per heavy atom. The first kappa shape index (κ1) is 13.0. The van der Waals surface area contributed by atoms with Crippen LogP contribution in [-0.2, 0) is 6.54 Å². The average Bonchev–Trinajstić information content (AvgIpc) is 2.29. The van der Waals surface area contributed by atoms with Crippen LogP contribution in [0, 0.1) is 6.92 Å². The van der Waals surface area contributed by atoms with Gasteiger partial charge in [0.1, 0.15) is 0 Å². The molecule has 1 rings (SSSR count). The van der Waals surface area contributed by atoms with Gasteiger partial charge in [0.15, 0.2) is 0 Å². The summed E-state index contributed by atoms with van der Waals surface area (Å²) in [6.45, 7) is 9.44. The Balaban J connectivity index is 3.00. The third kappa shape index (κ3) is 3.24. The molecule has 0 saturated heterocycles. The van der Waals surface area contributed by atoms with Gasteiger partial charge >= 0.3 is 0 Å². The number of anilines is 1. The number of nitrogens with zero attached hydrogens (tertiary/aromatic N) is 1. The Hall–Kier alpha value is -1.02. The number of rotatable bonds is 6. The van der Waals surface area contributed by atoms with Gasteiger partial charge in [-0.15, -0.1) is 0 Å². The molecule has 0 atom stereocenters. The van der Waals surface area contributed by atoms with Crippen molar-refractivity contribution in [1.29, 1.82) is 0 Å². The lowest BCUT2D eigenvalue weighted by Gasteiger charge is -2.26. The van der Waals surface area contributed by atoms with Crippen LogP contribution in [0.1, 0.15) is 37.8 Å². The highest BCUT2D eigenvalue weighted by molar-refractivity contribution is 5.55. The summed E-state index contributed by atoms with van der Waals surface area (Å²) in [4.78, 5) is 2.45. The molecule has 2 N–H and O–H groups in total. The maximum absolute atomic E-state index is 5.80. The van der Waals surface area contributed by atoms with Gasteiger partial charge in [-0.25, -0.2) is 0 Å². The molecule has 0 spiro atoms. The molecule has 16 heavy (non-hydrogen) atoms. The molecule has 90 valence electrons. The summed E-state index contributed by atoms with van der Waals surface area (Å²) in [6, 6.07) is 6.55. The highest BCUT2D eigenvalue weighted by Gasteiger charge is 2.09. The molecular weight excluding hydrogens is 196 g/mol. The Morgan fingerprint density at radius 1 is 1.12 bits per heavy atom. The Kier molecular flexibility index (Phi) is 5.33. The molecule has 2 heteroatoms. The molecule has 0 unspecified atom stereocenters. The minimum Gasteiger partial charge on any atom is -0.371 e. The van der Waals surface area contributed by atoms with E-state index in [1.807, 2.05) is 0 Å². The predicted molar refractivity (Wildman–Crippen MR) is 71.9 cm³/mol. The fourth-order valence-electron chi connectivity index (χ4n) is 2.03. The molecule has 0 amide bonds. The van der Waals surface area contributed by atoms with Crippen molar-refractivity contribution in [2.75, 3.05) is 18.0 Å². The molecule has 0 saturated carbocycles. The second-order valence-corrected chi connectivity index (χ2v) is 4.32. The van der Waals surface area contributed by atoms with Gasteiger partial charge in [-0.05, 0) is 37.0 Å². The van der Waals surface area contributed by atoms with Gasteiger partial charge in [-0.3, -0.25) is 0 Å². The van der Waals surface area contributed by atoms with Crippen molar-refractivity contribution in [2.24, 2.45) is 5.73 Å². The molecule has 0 aliphatic rings. The van der Waals surface area contributed by atoms with Crippen molar-refractivity contribution in [3.05, 3.63) is 29.3 Å². The van der Waals surface area contributed by atoms with E-state index in [9.17, 15) is 0 Å². The van der Waals surface area contributed by atoms with Crippen LogP contribution < -0.4 is 10.6 Å². The standard InChI is InChI=1S/C14H24N2/c1-4-8-16(9-5-2)14-10-12(3)6-7-13(14)11-15/h6-7,10H,4-5,8-9,11,15H2,1-3H3. The summed E-state index contributed by atoms with van der Waals surface area (Å²) in [6.07, 6.45) is 2.36. The van der Waals surface area contributed by atoms with Gasteiger partial charge < -0.3 is 10.6 Å². The van der Waals surface area contributed by atoms with Gasteiger partial charge in [0.2, 0.25) is 0 Å². The van der Waals surface area contributed by atoms with Crippen LogP contribution in [0.4, 0.5) is 5.69 Å². The minimum atomic E-state index is 0.625. The Morgan fingerprint density at radius 2 is 1.75 bits per heavy atom. The lowest BCUT2D eigenvalue weighted by molar-refractivity contribution is 0.739. The van der Waals surface area contributed by atoms with E-state index in [4.69, 9.17) is 5.73 Å². The van der Waals surface area contributed by atoms with Crippen molar-refractivity contribution < 1.29 is 0 Å². The van der Waals surface area contributed by atoms with Gasteiger partial charge in [0, 0.05) is 25.3 Å². The van der Waals surface area contributed by atoms with Crippen LogP contribution in [0.3, 0.4) is 0 Å². The molecule has 1 aromatic rings. The van der Waals surface area contributed by atoms with E-state index in [1.54, 1.807) is 0 Å². The maximum Gasteiger partial charge on any atom is 0.0414 e. The topological polar surface area (TPSA) is 29.3 Å². The maximum atomic E-state index is 5.80. The zero-order valence-corrected chi connectivity index (χ0v) is 10.8. The molecule has 0 aliphatic heterocycles. The average molecular weight is 220 g/mol. The van der Waals surface area contributed by atoms with E-state index in [2.05, 4.69) is 43.9 Å². The van der Waals surface area contributed by atoms with Gasteiger partial charge in [0.05, 0.1) is 0 Å². The van der Waals surface area contributed by atoms with E-state index < -0.39 is 0 Å². The van der Waals surface area contributed by atoms with Crippen molar-refractivity contribution >= 4 is 5.69 Å². The van der Waals surface area contributed by atoms with Gasteiger partial charge in [-0.2, -0.15) is 0 Å². The summed E-state index contributed by atoms with van der Waals surface area (Å²) in [7, 11) is 0. The highest BCUT2D eigenvalue weighted by atomic mass is 15.1. The second kappa shape index (κ2) is 6.54. The van der Waals surface area contributed by atoms with Crippen LogP contribution in [-0.4, -0.2) is 13.1 Å². The van der Waals surface area contributed by atoms with Crippen molar-refractivity contribution in [2.45, 2.75) is 40.2 Å². The van der Waals surface area contributed by atoms with E-state index in [0.29, 0.717) is 6.54 Å². The second-order valence-electron chi connectivity index (χ2n) is 4.32. The Bertz CT molecular complexity index is 315. The van der Waals surface area contributed by atoms with E-state index in [-0.39, 0.29) is 0 Å². The summed E-state index contributed by atoms with van der Waals surface area (Å²) in [5.74, 6) is 0. The fourth-order valence-corrected chi connectivity index (χ4v) is 2.03. The van der Waals surface area contributed by atoms with E-state index in [1.165, 1.54) is 29.7 Å². The summed E-state index contributed by atoms with van der Waals surface area (Å²) in [5.41, 5.74) is 9.70. The van der Waals surface area contributed by atoms with Crippen LogP contribution >= 0.6 is 0 Å². The van der Waals surface area contributed by atoms with Crippen molar-refractivity contribution in [1.82, 2.24) is 0 Å². The first-order chi connectivity index (χ1) is 7.72. The van der Waals surface area contributed by atoms with Crippen LogP contribution in [0.5, 0.6) is 0 Å². The normalized spacial score (nSPS) is 10.5. The van der Waals surface area contributed by atoms with E-state index in [0.717, 1.165) is 13.1 Å². The number of hydrogen-bond donors (Lipinski definition) is 1. The third-order valence-electron chi connectivity index (χ3n) is 2.79. The molecule has 1 aromatic carbocycles. The van der Waals surface area contributed by atoms with Crippen molar-refractivity contribution in [3.63, 3.8) is 0 Å². The van der Waals surface area contributed by atoms with E-state index >= 15 is 0 Å². The highest BCUT2D eigenvalue weighted by Crippen LogP contribution is 2.22. The fraction of sp³-hybridized carbons (Fsp3) is 0.571. The summed E-state index contributed by atoms with van der Waals surface area (Å²) < 4.78 is 0. The molecular formula is C14H24N2. The smallest absolute Gasteiger partial charge is 0.0414 e. The number of aryl methyl sites for hydroxylation is 1. The number of hydrogen-bond acceptors (Lipinski definition) is 2. The zero-order valence-electron chi connectivity index (χ0n) is 10.8. The molecule has 0 fully saturated rings. The van der Waals surface area contributed by atoms with Gasteiger partial charge in [-0.1, -0.05) is 26.0 Å². The molecule has 0 radical (unpaired) electrons. The first-order valence-electron chi connectivity index (χ1n) is 6.27. The largest absolute Gasteiger partial charge is 0.371 e. The third-order valence-corrected chi connectivity index (χ3v) is 2.79. The molecule has 0 aromatic heterocycles. The minimum absolute atomic E-state index is 0.625. The monoisotopic (exact) mass is 220 g/mol. The molecule has 0 aliphatic carbocycles. The lowest BCUT2D eigenvalue weighted by Crippen LogP contribution is -2.26. The van der Waals surface area contributed by atoms with Crippen LogP contribution in [0.15, 0.2) is 18.2 Å². The van der Waals surface area contributed by atoms with Crippen molar-refractivity contribution in [3.8, 4) is 0 Å². The number of nitrogens with two attached hydrogens (primary N) is 1. The quantitative estimate of drug-likeness (QED) is 0.798. The molecule has 2 nitrogen and oxygen atoms in total. The molecule has 0 bridgehead atoms. The van der Waals surface area contributed by atoms with Gasteiger partial charge in [0.25, 0.3) is 0 Å². The predicted octanol–water partition coefficient (Wildman–Crippen LogP) is 3.08. The SMILES string of the molecule is CCCN(CCC)c1cc(C)ccc1CN. The first-order valence-corrected chi connectivity index (χ1v) is 6.27.